The lowest BCUT2D eigenvalue weighted by atomic mass is 10.3. The first-order valence-corrected chi connectivity index (χ1v) is 11.8. The van der Waals surface area contributed by atoms with Crippen molar-refractivity contribution < 1.29 is 9.90 Å². The van der Waals surface area contributed by atoms with E-state index in [1.807, 2.05) is 0 Å². The Balaban J connectivity index is 1.97. The first-order valence-electron chi connectivity index (χ1n) is 9.29. The second kappa shape index (κ2) is 10.6. The van der Waals surface area contributed by atoms with E-state index in [9.17, 15) is 19.5 Å². The van der Waals surface area contributed by atoms with Crippen LogP contribution in [-0.2, 0) is 18.9 Å². The van der Waals surface area contributed by atoms with Crippen LogP contribution in [0.25, 0.3) is 0 Å². The summed E-state index contributed by atoms with van der Waals surface area (Å²) in [6.07, 6.45) is 0. The molecule has 0 aliphatic carbocycles. The van der Waals surface area contributed by atoms with Gasteiger partial charge in [0.1, 0.15) is 10.6 Å². The molecule has 8 nitrogen and oxygen atoms in total. The first-order chi connectivity index (χ1) is 15.6. The SMILES string of the molecule is Cn1c(O)c(C(=Nc2ccc(Cl)cc2)SCC(=O)Nc2ccc(Br)cc2Cl)c(=O)n(C)c1=O. The van der Waals surface area contributed by atoms with Gasteiger partial charge in [0.25, 0.3) is 5.56 Å². The number of hydrogen-bond donors (Lipinski definition) is 2. The molecule has 3 rings (SSSR count). The van der Waals surface area contributed by atoms with E-state index in [2.05, 4.69) is 26.2 Å². The zero-order valence-electron chi connectivity index (χ0n) is 17.3. The fourth-order valence-corrected chi connectivity index (χ4v) is 4.40. The van der Waals surface area contributed by atoms with Gasteiger partial charge in [-0.05, 0) is 42.5 Å². The molecule has 1 heterocycles. The number of aromatic nitrogens is 2. The third-order valence-corrected chi connectivity index (χ3v) is 6.48. The van der Waals surface area contributed by atoms with Gasteiger partial charge >= 0.3 is 5.69 Å². The van der Waals surface area contributed by atoms with Crippen LogP contribution in [0.5, 0.6) is 5.88 Å². The highest BCUT2D eigenvalue weighted by Gasteiger charge is 2.22. The van der Waals surface area contributed by atoms with E-state index in [1.54, 1.807) is 42.5 Å². The molecule has 172 valence electrons. The quantitative estimate of drug-likeness (QED) is 0.351. The van der Waals surface area contributed by atoms with Gasteiger partial charge in [-0.15, -0.1) is 0 Å². The number of amides is 1. The average molecular weight is 572 g/mol. The molecule has 0 atom stereocenters. The molecule has 2 aromatic carbocycles. The zero-order valence-corrected chi connectivity index (χ0v) is 21.2. The summed E-state index contributed by atoms with van der Waals surface area (Å²) >= 11 is 16.3. The predicted molar refractivity (Wildman–Crippen MR) is 136 cm³/mol. The highest BCUT2D eigenvalue weighted by atomic mass is 79.9. The van der Waals surface area contributed by atoms with Gasteiger partial charge in [-0.25, -0.2) is 9.79 Å². The molecular weight excluding hydrogens is 555 g/mol. The third-order valence-electron chi connectivity index (χ3n) is 4.45. The molecule has 1 aromatic heterocycles. The monoisotopic (exact) mass is 570 g/mol. The molecule has 1 amide bonds. The normalized spacial score (nSPS) is 11.5. The van der Waals surface area contributed by atoms with Crippen molar-refractivity contribution in [2.45, 2.75) is 0 Å². The molecule has 0 spiro atoms. The van der Waals surface area contributed by atoms with Crippen LogP contribution in [0.4, 0.5) is 11.4 Å². The smallest absolute Gasteiger partial charge is 0.333 e. The molecule has 0 fully saturated rings. The van der Waals surface area contributed by atoms with E-state index in [-0.39, 0.29) is 16.4 Å². The molecule has 0 unspecified atom stereocenters. The van der Waals surface area contributed by atoms with Crippen LogP contribution in [-0.4, -0.2) is 30.9 Å². The summed E-state index contributed by atoms with van der Waals surface area (Å²) in [6.45, 7) is 0. The largest absolute Gasteiger partial charge is 0.494 e. The lowest BCUT2D eigenvalue weighted by Gasteiger charge is -2.13. The Labute approximate surface area is 211 Å². The number of anilines is 1. The molecule has 0 aliphatic heterocycles. The minimum absolute atomic E-state index is 0.0584. The van der Waals surface area contributed by atoms with Crippen molar-refractivity contribution >= 4 is 73.2 Å². The Morgan fingerprint density at radius 3 is 2.42 bits per heavy atom. The summed E-state index contributed by atoms with van der Waals surface area (Å²) in [5.74, 6) is -1.11. The van der Waals surface area contributed by atoms with Crippen LogP contribution >= 0.6 is 50.9 Å². The molecule has 2 N–H and O–H groups in total. The van der Waals surface area contributed by atoms with Crippen LogP contribution in [0, 0.1) is 0 Å². The number of thioether (sulfide) groups is 1. The van der Waals surface area contributed by atoms with Gasteiger partial charge in [0.2, 0.25) is 11.8 Å². The molecule has 0 saturated carbocycles. The number of carbonyl (C=O) groups is 1. The van der Waals surface area contributed by atoms with E-state index in [4.69, 9.17) is 23.2 Å². The Morgan fingerprint density at radius 1 is 1.12 bits per heavy atom. The minimum atomic E-state index is -0.743. The van der Waals surface area contributed by atoms with Crippen molar-refractivity contribution in [3.05, 3.63) is 83.4 Å². The van der Waals surface area contributed by atoms with Crippen molar-refractivity contribution in [3.63, 3.8) is 0 Å². The van der Waals surface area contributed by atoms with Crippen LogP contribution < -0.4 is 16.6 Å². The number of rotatable bonds is 5. The summed E-state index contributed by atoms with van der Waals surface area (Å²) < 4.78 is 2.55. The van der Waals surface area contributed by atoms with Crippen molar-refractivity contribution in [3.8, 4) is 5.88 Å². The van der Waals surface area contributed by atoms with Crippen LogP contribution in [0.15, 0.2) is 61.5 Å². The Morgan fingerprint density at radius 2 is 1.79 bits per heavy atom. The van der Waals surface area contributed by atoms with Gasteiger partial charge in [0.15, 0.2) is 0 Å². The number of nitrogens with one attached hydrogen (secondary N) is 1. The van der Waals surface area contributed by atoms with Crippen molar-refractivity contribution in [1.29, 1.82) is 0 Å². The van der Waals surface area contributed by atoms with Gasteiger partial charge in [0, 0.05) is 23.6 Å². The zero-order chi connectivity index (χ0) is 24.3. The number of nitrogens with zero attached hydrogens (tertiary/aromatic N) is 3. The molecule has 12 heteroatoms. The molecule has 3 aromatic rings. The lowest BCUT2D eigenvalue weighted by Crippen LogP contribution is -2.39. The van der Waals surface area contributed by atoms with Crippen molar-refractivity contribution in [2.24, 2.45) is 19.1 Å². The lowest BCUT2D eigenvalue weighted by molar-refractivity contribution is -0.113. The molecule has 0 radical (unpaired) electrons. The number of aliphatic imine (C=N–C) groups is 1. The fourth-order valence-electron chi connectivity index (χ4n) is 2.72. The van der Waals surface area contributed by atoms with E-state index in [1.165, 1.54) is 14.1 Å². The molecular formula is C21H17BrCl2N4O4S. The summed E-state index contributed by atoms with van der Waals surface area (Å²) in [5, 5.41) is 14.1. The number of hydrogen-bond acceptors (Lipinski definition) is 6. The van der Waals surface area contributed by atoms with Gasteiger partial charge < -0.3 is 10.4 Å². The van der Waals surface area contributed by atoms with Crippen LogP contribution in [0.3, 0.4) is 0 Å². The first kappa shape index (κ1) is 25.1. The maximum atomic E-state index is 12.8. The van der Waals surface area contributed by atoms with Crippen LogP contribution in [0.1, 0.15) is 5.56 Å². The average Bonchev–Trinajstić information content (AvgIpc) is 2.78. The molecule has 0 aliphatic rings. The van der Waals surface area contributed by atoms with Crippen molar-refractivity contribution in [1.82, 2.24) is 9.13 Å². The third kappa shape index (κ3) is 5.89. The predicted octanol–water partition coefficient (Wildman–Crippen LogP) is 4.31. The Kier molecular flexibility index (Phi) is 8.06. The van der Waals surface area contributed by atoms with E-state index in [0.29, 0.717) is 21.4 Å². The van der Waals surface area contributed by atoms with E-state index < -0.39 is 23.0 Å². The number of aromatic hydroxyl groups is 1. The van der Waals surface area contributed by atoms with Gasteiger partial charge in [-0.2, -0.15) is 0 Å². The Hall–Kier alpha value is -2.53. The van der Waals surface area contributed by atoms with Crippen molar-refractivity contribution in [2.75, 3.05) is 11.1 Å². The topological polar surface area (TPSA) is 106 Å². The Bertz CT molecular complexity index is 1370. The van der Waals surface area contributed by atoms with Gasteiger partial charge in [0.05, 0.1) is 22.2 Å². The molecule has 33 heavy (non-hydrogen) atoms. The van der Waals surface area contributed by atoms with Gasteiger partial charge in [-0.3, -0.25) is 18.7 Å². The number of halogens is 3. The van der Waals surface area contributed by atoms with E-state index in [0.717, 1.165) is 25.4 Å². The highest BCUT2D eigenvalue weighted by Crippen LogP contribution is 2.27. The molecule has 0 bridgehead atoms. The summed E-state index contributed by atoms with van der Waals surface area (Å²) in [7, 11) is 2.62. The fraction of sp³-hybridized carbons (Fsp3) is 0.143. The molecule has 0 saturated heterocycles. The number of benzene rings is 2. The second-order valence-corrected chi connectivity index (χ2v) is 9.48. The highest BCUT2D eigenvalue weighted by molar-refractivity contribution is 9.10. The second-order valence-electron chi connectivity index (χ2n) is 6.76. The number of carbonyl (C=O) groups excluding carboxylic acids is 1. The van der Waals surface area contributed by atoms with Crippen LogP contribution in [0.2, 0.25) is 10.0 Å². The summed E-state index contributed by atoms with van der Waals surface area (Å²) in [6, 6.07) is 11.5. The van der Waals surface area contributed by atoms with E-state index >= 15 is 0 Å². The van der Waals surface area contributed by atoms with Gasteiger partial charge in [-0.1, -0.05) is 50.9 Å². The standard InChI is InChI=1S/C21H17BrCl2N4O4S/c1-27-19(30)17(20(31)28(2)21(27)32)18(25-13-6-4-12(23)5-7-13)33-10-16(29)26-15-8-3-11(22)9-14(15)24/h3-9,30H,10H2,1-2H3,(H,26,29). The summed E-state index contributed by atoms with van der Waals surface area (Å²) in [5.41, 5.74) is -0.781. The maximum Gasteiger partial charge on any atom is 0.333 e. The maximum absolute atomic E-state index is 12.8. The minimum Gasteiger partial charge on any atom is -0.494 e. The summed E-state index contributed by atoms with van der Waals surface area (Å²) in [4.78, 5) is 41.9.